The molecule has 31 heavy (non-hydrogen) atoms. The van der Waals surface area contributed by atoms with E-state index < -0.39 is 6.04 Å². The molecular formula is C25H26ClN3O2. The number of nitrogens with one attached hydrogen (secondary N) is 1. The Hall–Kier alpha value is -3.18. The molecule has 0 aliphatic heterocycles. The van der Waals surface area contributed by atoms with Gasteiger partial charge in [-0.3, -0.25) is 14.6 Å². The van der Waals surface area contributed by atoms with Gasteiger partial charge in [-0.1, -0.05) is 61.0 Å². The number of carbonyl (C=O) groups excluding carboxylic acids is 2. The highest BCUT2D eigenvalue weighted by Gasteiger charge is 2.31. The predicted octanol–water partition coefficient (Wildman–Crippen LogP) is 4.92. The van der Waals surface area contributed by atoms with Crippen LogP contribution in [0.25, 0.3) is 0 Å². The third-order valence-corrected chi connectivity index (χ3v) is 5.19. The van der Waals surface area contributed by atoms with Gasteiger partial charge < -0.3 is 10.2 Å². The summed E-state index contributed by atoms with van der Waals surface area (Å²) in [4.78, 5) is 32.2. The minimum Gasteiger partial charge on any atom is -0.350 e. The van der Waals surface area contributed by atoms with E-state index in [1.54, 1.807) is 29.4 Å². The van der Waals surface area contributed by atoms with Gasteiger partial charge in [0, 0.05) is 36.9 Å². The maximum absolute atomic E-state index is 13.4. The van der Waals surface area contributed by atoms with Gasteiger partial charge >= 0.3 is 0 Å². The molecule has 1 N–H and O–H groups in total. The van der Waals surface area contributed by atoms with Crippen molar-refractivity contribution >= 4 is 23.4 Å². The van der Waals surface area contributed by atoms with E-state index in [1.165, 1.54) is 0 Å². The van der Waals surface area contributed by atoms with Crippen LogP contribution in [0.15, 0.2) is 79.1 Å². The van der Waals surface area contributed by atoms with Crippen LogP contribution < -0.4 is 5.32 Å². The molecule has 0 bridgehead atoms. The van der Waals surface area contributed by atoms with Gasteiger partial charge in [0.05, 0.1) is 0 Å². The van der Waals surface area contributed by atoms with Gasteiger partial charge in [0.1, 0.15) is 6.04 Å². The Morgan fingerprint density at radius 1 is 0.968 bits per heavy atom. The first-order chi connectivity index (χ1) is 15.1. The number of carbonyl (C=O) groups is 2. The van der Waals surface area contributed by atoms with Crippen molar-refractivity contribution in [3.63, 3.8) is 0 Å². The first-order valence-corrected chi connectivity index (χ1v) is 10.7. The third-order valence-electron chi connectivity index (χ3n) is 4.94. The lowest BCUT2D eigenvalue weighted by Gasteiger charge is -2.31. The van der Waals surface area contributed by atoms with Crippen molar-refractivity contribution in [2.45, 2.75) is 38.9 Å². The smallest absolute Gasteiger partial charge is 0.247 e. The molecule has 0 fully saturated rings. The molecule has 0 radical (unpaired) electrons. The molecule has 2 amide bonds. The zero-order valence-corrected chi connectivity index (χ0v) is 18.3. The Bertz CT molecular complexity index is 979. The topological polar surface area (TPSA) is 62.3 Å². The highest BCUT2D eigenvalue weighted by molar-refractivity contribution is 6.30. The van der Waals surface area contributed by atoms with E-state index in [0.717, 1.165) is 16.7 Å². The maximum Gasteiger partial charge on any atom is 0.247 e. The van der Waals surface area contributed by atoms with Crippen LogP contribution in [0.5, 0.6) is 0 Å². The Kier molecular flexibility index (Phi) is 8.19. The molecule has 160 valence electrons. The number of amides is 2. The Labute approximate surface area is 188 Å². The lowest BCUT2D eigenvalue weighted by atomic mass is 10.0. The number of halogens is 1. The van der Waals surface area contributed by atoms with Gasteiger partial charge in [-0.2, -0.15) is 0 Å². The summed E-state index contributed by atoms with van der Waals surface area (Å²) in [6, 6.07) is 19.7. The molecule has 0 unspecified atom stereocenters. The summed E-state index contributed by atoms with van der Waals surface area (Å²) in [6.45, 7) is 2.64. The molecule has 3 rings (SSSR count). The second-order valence-electron chi connectivity index (χ2n) is 7.28. The fourth-order valence-corrected chi connectivity index (χ4v) is 3.49. The van der Waals surface area contributed by atoms with E-state index in [1.807, 2.05) is 61.5 Å². The fourth-order valence-electron chi connectivity index (χ4n) is 3.36. The molecule has 6 heteroatoms. The van der Waals surface area contributed by atoms with Crippen molar-refractivity contribution in [2.24, 2.45) is 0 Å². The molecule has 2 aromatic carbocycles. The van der Waals surface area contributed by atoms with Crippen molar-refractivity contribution < 1.29 is 9.59 Å². The molecule has 1 heterocycles. The molecule has 1 atom stereocenters. The minimum atomic E-state index is -0.738. The van der Waals surface area contributed by atoms with Crippen molar-refractivity contribution in [3.8, 4) is 0 Å². The van der Waals surface area contributed by atoms with Gasteiger partial charge in [0.25, 0.3) is 0 Å². The minimum absolute atomic E-state index is 0.0645. The van der Waals surface area contributed by atoms with Crippen molar-refractivity contribution in [3.05, 3.63) is 101 Å². The summed E-state index contributed by atoms with van der Waals surface area (Å²) >= 11 is 6.02. The SMILES string of the molecule is CCCC(=O)N(Cc1ccc(Cl)cc1)[C@H](C(=O)NCc1ccncc1)c1ccccc1. The lowest BCUT2D eigenvalue weighted by molar-refractivity contribution is -0.141. The van der Waals surface area contributed by atoms with Crippen LogP contribution in [0.4, 0.5) is 0 Å². The summed E-state index contributed by atoms with van der Waals surface area (Å²) in [5.74, 6) is -0.285. The zero-order chi connectivity index (χ0) is 22.1. The lowest BCUT2D eigenvalue weighted by Crippen LogP contribution is -2.43. The van der Waals surface area contributed by atoms with Crippen molar-refractivity contribution in [2.75, 3.05) is 0 Å². The normalized spacial score (nSPS) is 11.5. The van der Waals surface area contributed by atoms with Gasteiger partial charge in [-0.25, -0.2) is 0 Å². The molecule has 3 aromatic rings. The number of aromatic nitrogens is 1. The van der Waals surface area contributed by atoms with Crippen LogP contribution in [-0.4, -0.2) is 21.7 Å². The summed E-state index contributed by atoms with van der Waals surface area (Å²) < 4.78 is 0. The third kappa shape index (κ3) is 6.40. The summed E-state index contributed by atoms with van der Waals surface area (Å²) in [5, 5.41) is 3.62. The molecule has 0 aliphatic carbocycles. The van der Waals surface area contributed by atoms with Crippen molar-refractivity contribution in [1.82, 2.24) is 15.2 Å². The quantitative estimate of drug-likeness (QED) is 0.518. The monoisotopic (exact) mass is 435 g/mol. The van der Waals surface area contributed by atoms with Crippen LogP contribution in [0, 0.1) is 0 Å². The number of benzene rings is 2. The second-order valence-corrected chi connectivity index (χ2v) is 7.72. The highest BCUT2D eigenvalue weighted by atomic mass is 35.5. The van der Waals surface area contributed by atoms with Crippen molar-refractivity contribution in [1.29, 1.82) is 0 Å². The first-order valence-electron chi connectivity index (χ1n) is 10.3. The summed E-state index contributed by atoms with van der Waals surface area (Å²) in [6.07, 6.45) is 4.45. The van der Waals surface area contributed by atoms with Gasteiger partial charge in [0.2, 0.25) is 11.8 Å². The van der Waals surface area contributed by atoms with Gasteiger partial charge in [-0.15, -0.1) is 0 Å². The number of rotatable bonds is 9. The van der Waals surface area contributed by atoms with Crippen LogP contribution >= 0.6 is 11.6 Å². The zero-order valence-electron chi connectivity index (χ0n) is 17.5. The summed E-state index contributed by atoms with van der Waals surface area (Å²) in [5.41, 5.74) is 2.63. The Balaban J connectivity index is 1.91. The Morgan fingerprint density at radius 3 is 2.29 bits per heavy atom. The van der Waals surface area contributed by atoms with E-state index >= 15 is 0 Å². The first kappa shape index (κ1) is 22.5. The van der Waals surface area contributed by atoms with Crippen LogP contribution in [0.1, 0.15) is 42.5 Å². The standard InChI is InChI=1S/C25H26ClN3O2/c1-2-6-23(30)29(18-20-9-11-22(26)12-10-20)24(21-7-4-3-5-8-21)25(31)28-17-19-13-15-27-16-14-19/h3-5,7-16,24H,2,6,17-18H2,1H3,(H,28,31)/t24-/m0/s1. The average molecular weight is 436 g/mol. The van der Waals surface area contributed by atoms with Crippen LogP contribution in [0.2, 0.25) is 5.02 Å². The van der Waals surface area contributed by atoms with Gasteiger partial charge in [-0.05, 0) is 47.4 Å². The largest absolute Gasteiger partial charge is 0.350 e. The maximum atomic E-state index is 13.4. The predicted molar refractivity (Wildman–Crippen MR) is 122 cm³/mol. The van der Waals surface area contributed by atoms with Crippen LogP contribution in [-0.2, 0) is 22.7 Å². The molecular weight excluding hydrogens is 410 g/mol. The molecule has 5 nitrogen and oxygen atoms in total. The molecule has 0 aliphatic rings. The number of hydrogen-bond acceptors (Lipinski definition) is 3. The molecule has 1 aromatic heterocycles. The molecule has 0 saturated heterocycles. The highest BCUT2D eigenvalue weighted by Crippen LogP contribution is 2.25. The van der Waals surface area contributed by atoms with E-state index in [-0.39, 0.29) is 11.8 Å². The second kappa shape index (κ2) is 11.3. The summed E-state index contributed by atoms with van der Waals surface area (Å²) in [7, 11) is 0. The number of hydrogen-bond donors (Lipinski definition) is 1. The van der Waals surface area contributed by atoms with E-state index in [9.17, 15) is 9.59 Å². The number of nitrogens with zero attached hydrogens (tertiary/aromatic N) is 2. The van der Waals surface area contributed by atoms with E-state index in [2.05, 4.69) is 10.3 Å². The Morgan fingerprint density at radius 2 is 1.65 bits per heavy atom. The molecule has 0 spiro atoms. The van der Waals surface area contributed by atoms with Gasteiger partial charge in [0.15, 0.2) is 0 Å². The van der Waals surface area contributed by atoms with E-state index in [0.29, 0.717) is 31.0 Å². The van der Waals surface area contributed by atoms with E-state index in [4.69, 9.17) is 11.6 Å². The van der Waals surface area contributed by atoms with Crippen LogP contribution in [0.3, 0.4) is 0 Å². The molecule has 0 saturated carbocycles. The average Bonchev–Trinajstić information content (AvgIpc) is 2.80. The number of pyridine rings is 1. The fraction of sp³-hybridized carbons (Fsp3) is 0.240.